The molecule has 0 saturated carbocycles. The number of phosphoric acid groups is 1. The first kappa shape index (κ1) is 47.7. The topological polar surface area (TPSA) is 108 Å². The molecular weight excluding hydrogens is 635 g/mol. The fourth-order valence-electron chi connectivity index (χ4n) is 5.40. The molecule has 0 aliphatic heterocycles. The number of hydrogen-bond acceptors (Lipinski definition) is 6. The zero-order chi connectivity index (χ0) is 36.5. The van der Waals surface area contributed by atoms with Gasteiger partial charge in [0.25, 0.3) is 7.82 Å². The van der Waals surface area contributed by atoms with Crippen LogP contribution in [0.25, 0.3) is 0 Å². The number of unbranched alkanes of at least 4 members (excludes halogenated alkanes) is 16. The molecule has 49 heavy (non-hydrogen) atoms. The SMILES string of the molecule is CCCCCCC/C=C\C/C=C\C/C=C\CCCCCCCCCCC(=O)NC(COP(=O)([O-])OCC[N+](C)(C)C)C(O)CCCCCC. The first-order valence-electron chi connectivity index (χ1n) is 19.8. The van der Waals surface area contributed by atoms with Crippen LogP contribution in [0, 0.1) is 0 Å². The number of amides is 1. The van der Waals surface area contributed by atoms with Crippen LogP contribution >= 0.6 is 7.82 Å². The Hall–Kier alpha value is -1.28. The third-order valence-electron chi connectivity index (χ3n) is 8.63. The Morgan fingerprint density at radius 1 is 0.714 bits per heavy atom. The highest BCUT2D eigenvalue weighted by Crippen LogP contribution is 2.38. The number of phosphoric ester groups is 1. The van der Waals surface area contributed by atoms with E-state index in [9.17, 15) is 19.4 Å². The average molecular weight is 713 g/mol. The van der Waals surface area contributed by atoms with Crippen LogP contribution in [0.4, 0.5) is 0 Å². The van der Waals surface area contributed by atoms with Gasteiger partial charge in [0.15, 0.2) is 0 Å². The lowest BCUT2D eigenvalue weighted by Crippen LogP contribution is -2.46. The molecule has 3 unspecified atom stereocenters. The molecule has 0 aliphatic carbocycles. The molecular formula is C40H77N2O6P. The molecule has 1 amide bonds. The summed E-state index contributed by atoms with van der Waals surface area (Å²) in [5, 5.41) is 13.6. The Kier molecular flexibility index (Phi) is 31.8. The summed E-state index contributed by atoms with van der Waals surface area (Å²) in [7, 11) is 1.29. The summed E-state index contributed by atoms with van der Waals surface area (Å²) in [5.74, 6) is -0.184. The van der Waals surface area contributed by atoms with Gasteiger partial charge in [0.05, 0.1) is 39.9 Å². The van der Waals surface area contributed by atoms with Crippen molar-refractivity contribution in [3.63, 3.8) is 0 Å². The number of nitrogens with one attached hydrogen (secondary N) is 1. The predicted octanol–water partition coefficient (Wildman–Crippen LogP) is 9.72. The minimum atomic E-state index is -4.54. The highest BCUT2D eigenvalue weighted by atomic mass is 31.2. The van der Waals surface area contributed by atoms with Gasteiger partial charge in [0.1, 0.15) is 13.2 Å². The van der Waals surface area contributed by atoms with Crippen LogP contribution in [0.15, 0.2) is 36.5 Å². The molecule has 0 fully saturated rings. The molecule has 0 aliphatic rings. The van der Waals surface area contributed by atoms with E-state index >= 15 is 0 Å². The van der Waals surface area contributed by atoms with E-state index in [4.69, 9.17) is 9.05 Å². The van der Waals surface area contributed by atoms with E-state index in [-0.39, 0.29) is 19.1 Å². The van der Waals surface area contributed by atoms with Gasteiger partial charge in [-0.25, -0.2) is 0 Å². The number of likely N-dealkylation sites (N-methyl/N-ethyl adjacent to an activating group) is 1. The second-order valence-electron chi connectivity index (χ2n) is 14.6. The van der Waals surface area contributed by atoms with E-state index in [1.165, 1.54) is 70.6 Å². The number of aliphatic hydroxyl groups is 1. The van der Waals surface area contributed by atoms with Crippen molar-refractivity contribution in [1.82, 2.24) is 5.32 Å². The maximum Gasteiger partial charge on any atom is 0.268 e. The van der Waals surface area contributed by atoms with Gasteiger partial charge in [-0.2, -0.15) is 0 Å². The Morgan fingerprint density at radius 3 is 1.71 bits per heavy atom. The molecule has 0 saturated heterocycles. The molecule has 0 spiro atoms. The third kappa shape index (κ3) is 34.9. The second kappa shape index (κ2) is 32.6. The summed E-state index contributed by atoms with van der Waals surface area (Å²) in [6.45, 7) is 4.55. The first-order chi connectivity index (χ1) is 23.5. The lowest BCUT2D eigenvalue weighted by atomic mass is 10.0. The lowest BCUT2D eigenvalue weighted by Gasteiger charge is -2.30. The molecule has 3 atom stereocenters. The van der Waals surface area contributed by atoms with Crippen molar-refractivity contribution >= 4 is 13.7 Å². The van der Waals surface area contributed by atoms with Gasteiger partial charge in [-0.15, -0.1) is 0 Å². The number of quaternary nitrogens is 1. The van der Waals surface area contributed by atoms with Gasteiger partial charge in [-0.05, 0) is 51.4 Å². The molecule has 9 heteroatoms. The Balaban J connectivity index is 4.08. The summed E-state index contributed by atoms with van der Waals surface area (Å²) in [5.41, 5.74) is 0. The summed E-state index contributed by atoms with van der Waals surface area (Å²) in [6, 6.07) is -0.799. The number of nitrogens with zero attached hydrogens (tertiary/aromatic N) is 1. The van der Waals surface area contributed by atoms with Crippen molar-refractivity contribution in [1.29, 1.82) is 0 Å². The van der Waals surface area contributed by atoms with Crippen molar-refractivity contribution in [3.05, 3.63) is 36.5 Å². The fraction of sp³-hybridized carbons (Fsp3) is 0.825. The Morgan fingerprint density at radius 2 is 1.18 bits per heavy atom. The van der Waals surface area contributed by atoms with Crippen molar-refractivity contribution < 1.29 is 32.9 Å². The van der Waals surface area contributed by atoms with Gasteiger partial charge in [-0.3, -0.25) is 9.36 Å². The first-order valence-corrected chi connectivity index (χ1v) is 21.3. The zero-order valence-electron chi connectivity index (χ0n) is 32.4. The Labute approximate surface area is 302 Å². The summed E-state index contributed by atoms with van der Waals surface area (Å²) < 4.78 is 22.9. The predicted molar refractivity (Wildman–Crippen MR) is 205 cm³/mol. The lowest BCUT2D eigenvalue weighted by molar-refractivity contribution is -0.870. The van der Waals surface area contributed by atoms with E-state index in [1.54, 1.807) is 0 Å². The minimum Gasteiger partial charge on any atom is -0.756 e. The Bertz CT molecular complexity index is 902. The molecule has 0 bridgehead atoms. The number of carbonyl (C=O) groups is 1. The smallest absolute Gasteiger partial charge is 0.268 e. The van der Waals surface area contributed by atoms with Crippen LogP contribution in [0.5, 0.6) is 0 Å². The second-order valence-corrected chi connectivity index (χ2v) is 16.0. The standard InChI is InChI=1S/C40H77N2O6P/c1-6-8-10-12-13-14-15-16-17-18-19-20-21-22-23-24-25-26-27-28-29-30-32-34-40(44)41-38(39(43)33-31-11-9-7-2)37-48-49(45,46)47-36-35-42(3,4)5/h15-16,18-19,21-22,38-39,43H,6-14,17,20,23-37H2,1-5H3,(H-,41,44,45,46)/b16-15-,19-18-,22-21-. The van der Waals surface area contributed by atoms with Gasteiger partial charge in [-0.1, -0.05) is 140 Å². The van der Waals surface area contributed by atoms with Crippen molar-refractivity contribution in [3.8, 4) is 0 Å². The largest absolute Gasteiger partial charge is 0.756 e. The quantitative estimate of drug-likeness (QED) is 0.0293. The summed E-state index contributed by atoms with van der Waals surface area (Å²) in [4.78, 5) is 25.0. The van der Waals surface area contributed by atoms with E-state index in [0.29, 0.717) is 23.9 Å². The fourth-order valence-corrected chi connectivity index (χ4v) is 6.12. The number of rotatable bonds is 35. The van der Waals surface area contributed by atoms with Crippen LogP contribution in [0.2, 0.25) is 0 Å². The van der Waals surface area contributed by atoms with E-state index in [0.717, 1.165) is 64.2 Å². The third-order valence-corrected chi connectivity index (χ3v) is 9.60. The van der Waals surface area contributed by atoms with Crippen LogP contribution in [0.3, 0.4) is 0 Å². The molecule has 8 nitrogen and oxygen atoms in total. The van der Waals surface area contributed by atoms with Crippen molar-refractivity contribution in [2.75, 3.05) is 40.9 Å². The number of hydrogen-bond donors (Lipinski definition) is 2. The summed E-state index contributed by atoms with van der Waals surface area (Å²) >= 11 is 0. The van der Waals surface area contributed by atoms with E-state index in [1.807, 2.05) is 21.1 Å². The van der Waals surface area contributed by atoms with E-state index in [2.05, 4.69) is 55.6 Å². The van der Waals surface area contributed by atoms with Gasteiger partial charge in [0.2, 0.25) is 5.91 Å². The zero-order valence-corrected chi connectivity index (χ0v) is 33.3. The molecule has 0 aromatic rings. The van der Waals surface area contributed by atoms with Crippen molar-refractivity contribution in [2.45, 2.75) is 174 Å². The highest BCUT2D eigenvalue weighted by Gasteiger charge is 2.24. The average Bonchev–Trinajstić information content (AvgIpc) is 3.04. The molecule has 0 aromatic carbocycles. The van der Waals surface area contributed by atoms with Crippen LogP contribution in [-0.4, -0.2) is 68.5 Å². The molecule has 0 aromatic heterocycles. The number of carbonyl (C=O) groups excluding carboxylic acids is 1. The van der Waals surface area contributed by atoms with Gasteiger partial charge in [0, 0.05) is 6.42 Å². The molecule has 0 rings (SSSR count). The molecule has 0 radical (unpaired) electrons. The molecule has 2 N–H and O–H groups in total. The van der Waals surface area contributed by atoms with Crippen LogP contribution in [-0.2, 0) is 18.4 Å². The maximum absolute atomic E-state index is 12.7. The number of aliphatic hydroxyl groups excluding tert-OH is 1. The molecule has 0 heterocycles. The summed E-state index contributed by atoms with van der Waals surface area (Å²) in [6.07, 6.45) is 37.8. The normalized spacial score (nSPS) is 15.0. The van der Waals surface area contributed by atoms with Crippen LogP contribution < -0.4 is 10.2 Å². The van der Waals surface area contributed by atoms with Crippen LogP contribution in [0.1, 0.15) is 162 Å². The molecule has 288 valence electrons. The minimum absolute atomic E-state index is 0.00814. The maximum atomic E-state index is 12.7. The van der Waals surface area contributed by atoms with Gasteiger partial charge < -0.3 is 28.8 Å². The van der Waals surface area contributed by atoms with E-state index < -0.39 is 20.0 Å². The number of allylic oxidation sites excluding steroid dienone is 6. The highest BCUT2D eigenvalue weighted by molar-refractivity contribution is 7.45. The van der Waals surface area contributed by atoms with Gasteiger partial charge >= 0.3 is 0 Å². The monoisotopic (exact) mass is 713 g/mol. The van der Waals surface area contributed by atoms with Crippen molar-refractivity contribution in [2.24, 2.45) is 0 Å².